The summed E-state index contributed by atoms with van der Waals surface area (Å²) in [6.07, 6.45) is 0.283. The second-order valence-electron chi connectivity index (χ2n) is 6.87. The third-order valence-corrected chi connectivity index (χ3v) is 5.76. The lowest BCUT2D eigenvalue weighted by Crippen LogP contribution is -2.28. The number of aliphatic hydroxyl groups is 1. The Balaban J connectivity index is 1.37. The van der Waals surface area contributed by atoms with Crippen LogP contribution in [-0.2, 0) is 6.42 Å². The number of benzene rings is 2. The maximum atomic E-state index is 12.4. The molecule has 1 unspecified atom stereocenters. The quantitative estimate of drug-likeness (QED) is 0.709. The van der Waals surface area contributed by atoms with Crippen molar-refractivity contribution in [1.82, 2.24) is 5.32 Å². The van der Waals surface area contributed by atoms with Crippen molar-refractivity contribution in [2.45, 2.75) is 12.5 Å². The number of thiophene rings is 1. The molecule has 5 heteroatoms. The molecule has 0 saturated carbocycles. The number of hydrogen-bond acceptors (Lipinski definition) is 4. The standard InChI is InChI=1S/C22H22N2O2S/c1-24-10-8-17-12-18(6-7-20(17)24)21(25)13-23-22(26)16-4-2-15(3-5-16)19-9-11-27-14-19/h2-7,9,11-12,14,21,25H,8,10,13H2,1H3,(H,23,26). The van der Waals surface area contributed by atoms with E-state index in [0.29, 0.717) is 5.56 Å². The van der Waals surface area contributed by atoms with Crippen molar-refractivity contribution in [3.8, 4) is 11.1 Å². The number of rotatable bonds is 5. The molecule has 138 valence electrons. The van der Waals surface area contributed by atoms with Gasteiger partial charge in [-0.25, -0.2) is 0 Å². The van der Waals surface area contributed by atoms with Gasteiger partial charge in [-0.15, -0.1) is 0 Å². The summed E-state index contributed by atoms with van der Waals surface area (Å²) in [5.74, 6) is -0.174. The Hall–Kier alpha value is -2.63. The highest BCUT2D eigenvalue weighted by atomic mass is 32.1. The summed E-state index contributed by atoms with van der Waals surface area (Å²) >= 11 is 1.65. The van der Waals surface area contributed by atoms with Crippen LogP contribution in [0.25, 0.3) is 11.1 Å². The van der Waals surface area contributed by atoms with Crippen LogP contribution < -0.4 is 10.2 Å². The van der Waals surface area contributed by atoms with Gasteiger partial charge in [0.05, 0.1) is 6.10 Å². The van der Waals surface area contributed by atoms with E-state index in [0.717, 1.165) is 29.7 Å². The van der Waals surface area contributed by atoms with Crippen molar-refractivity contribution in [2.75, 3.05) is 25.0 Å². The largest absolute Gasteiger partial charge is 0.387 e. The zero-order chi connectivity index (χ0) is 18.8. The molecule has 2 heterocycles. The maximum absolute atomic E-state index is 12.4. The Morgan fingerprint density at radius 2 is 2.00 bits per heavy atom. The molecule has 1 amide bonds. The Morgan fingerprint density at radius 1 is 1.19 bits per heavy atom. The zero-order valence-corrected chi connectivity index (χ0v) is 16.0. The molecule has 0 spiro atoms. The van der Waals surface area contributed by atoms with E-state index in [4.69, 9.17) is 0 Å². The number of aliphatic hydroxyl groups excluding tert-OH is 1. The molecular weight excluding hydrogens is 356 g/mol. The van der Waals surface area contributed by atoms with Crippen LogP contribution in [0.2, 0.25) is 0 Å². The highest BCUT2D eigenvalue weighted by Gasteiger charge is 2.18. The van der Waals surface area contributed by atoms with Gasteiger partial charge in [-0.3, -0.25) is 4.79 Å². The van der Waals surface area contributed by atoms with Gasteiger partial charge in [-0.2, -0.15) is 11.3 Å². The van der Waals surface area contributed by atoms with Crippen LogP contribution in [0.5, 0.6) is 0 Å². The molecule has 1 aromatic heterocycles. The normalized spacial score (nSPS) is 14.1. The lowest BCUT2D eigenvalue weighted by molar-refractivity contribution is 0.0916. The molecule has 1 aliphatic heterocycles. The molecule has 1 atom stereocenters. The fourth-order valence-corrected chi connectivity index (χ4v) is 4.11. The minimum Gasteiger partial charge on any atom is -0.387 e. The van der Waals surface area contributed by atoms with Crippen molar-refractivity contribution in [3.63, 3.8) is 0 Å². The first-order valence-electron chi connectivity index (χ1n) is 9.04. The van der Waals surface area contributed by atoms with E-state index >= 15 is 0 Å². The van der Waals surface area contributed by atoms with Crippen LogP contribution in [-0.4, -0.2) is 31.2 Å². The molecule has 0 fully saturated rings. The molecule has 4 rings (SSSR count). The number of fused-ring (bicyclic) bond motifs is 1. The molecular formula is C22H22N2O2S. The fraction of sp³-hybridized carbons (Fsp3) is 0.227. The topological polar surface area (TPSA) is 52.6 Å². The van der Waals surface area contributed by atoms with Crippen LogP contribution >= 0.6 is 11.3 Å². The number of carbonyl (C=O) groups excluding carboxylic acids is 1. The summed E-state index contributed by atoms with van der Waals surface area (Å²) in [4.78, 5) is 14.6. The lowest BCUT2D eigenvalue weighted by Gasteiger charge is -2.15. The third kappa shape index (κ3) is 3.75. The molecule has 2 aromatic carbocycles. The molecule has 1 aliphatic rings. The summed E-state index contributed by atoms with van der Waals surface area (Å²) in [5, 5.41) is 17.4. The van der Waals surface area contributed by atoms with Crippen LogP contribution in [0, 0.1) is 0 Å². The second-order valence-corrected chi connectivity index (χ2v) is 7.65. The van der Waals surface area contributed by atoms with E-state index in [2.05, 4.69) is 28.7 Å². The molecule has 0 aliphatic carbocycles. The van der Waals surface area contributed by atoms with E-state index in [1.165, 1.54) is 11.3 Å². The monoisotopic (exact) mass is 378 g/mol. The second kappa shape index (κ2) is 7.55. The molecule has 0 saturated heterocycles. The number of hydrogen-bond donors (Lipinski definition) is 2. The van der Waals surface area contributed by atoms with Gasteiger partial charge in [-0.05, 0) is 63.7 Å². The van der Waals surface area contributed by atoms with Crippen LogP contribution in [0.1, 0.15) is 27.6 Å². The third-order valence-electron chi connectivity index (χ3n) is 5.07. The maximum Gasteiger partial charge on any atom is 0.251 e. The number of anilines is 1. The highest BCUT2D eigenvalue weighted by Crippen LogP contribution is 2.29. The van der Waals surface area contributed by atoms with Crippen molar-refractivity contribution < 1.29 is 9.90 Å². The first-order chi connectivity index (χ1) is 13.1. The average Bonchev–Trinajstić information content (AvgIpc) is 3.36. The first-order valence-corrected chi connectivity index (χ1v) is 9.99. The molecule has 2 N–H and O–H groups in total. The van der Waals surface area contributed by atoms with Gasteiger partial charge < -0.3 is 15.3 Å². The summed E-state index contributed by atoms with van der Waals surface area (Å²) in [6.45, 7) is 1.20. The van der Waals surface area contributed by atoms with Gasteiger partial charge in [0.1, 0.15) is 0 Å². The van der Waals surface area contributed by atoms with Crippen molar-refractivity contribution in [1.29, 1.82) is 0 Å². The van der Waals surface area contributed by atoms with Gasteiger partial charge in [0.2, 0.25) is 0 Å². The number of nitrogens with one attached hydrogen (secondary N) is 1. The minimum atomic E-state index is -0.713. The molecule has 3 aromatic rings. The predicted molar refractivity (Wildman–Crippen MR) is 110 cm³/mol. The predicted octanol–water partition coefficient (Wildman–Crippen LogP) is 3.87. The Kier molecular flexibility index (Phi) is 4.97. The van der Waals surface area contributed by atoms with Crippen LogP contribution in [0.15, 0.2) is 59.3 Å². The smallest absolute Gasteiger partial charge is 0.251 e. The van der Waals surface area contributed by atoms with Crippen molar-refractivity contribution >= 4 is 22.9 Å². The van der Waals surface area contributed by atoms with Crippen LogP contribution in [0.3, 0.4) is 0 Å². The SMILES string of the molecule is CN1CCc2cc(C(O)CNC(=O)c3ccc(-c4ccsc4)cc3)ccc21. The Bertz CT molecular complexity index is 935. The van der Waals surface area contributed by atoms with Crippen molar-refractivity contribution in [3.05, 3.63) is 76.0 Å². The van der Waals surface area contributed by atoms with E-state index in [-0.39, 0.29) is 12.5 Å². The minimum absolute atomic E-state index is 0.174. The zero-order valence-electron chi connectivity index (χ0n) is 15.2. The Morgan fingerprint density at radius 3 is 2.74 bits per heavy atom. The molecule has 0 bridgehead atoms. The van der Waals surface area contributed by atoms with Gasteiger partial charge in [-0.1, -0.05) is 24.3 Å². The summed E-state index contributed by atoms with van der Waals surface area (Å²) in [7, 11) is 2.08. The van der Waals surface area contributed by atoms with Gasteiger partial charge in [0, 0.05) is 31.4 Å². The molecule has 4 nitrogen and oxygen atoms in total. The van der Waals surface area contributed by atoms with Crippen LogP contribution in [0.4, 0.5) is 5.69 Å². The van der Waals surface area contributed by atoms with Gasteiger partial charge in [0.15, 0.2) is 0 Å². The Labute approximate surface area is 163 Å². The number of amides is 1. The highest BCUT2D eigenvalue weighted by molar-refractivity contribution is 7.08. The summed E-state index contributed by atoms with van der Waals surface area (Å²) in [6, 6.07) is 15.6. The summed E-state index contributed by atoms with van der Waals surface area (Å²) < 4.78 is 0. The number of carbonyl (C=O) groups is 1. The molecule has 0 radical (unpaired) electrons. The van der Waals surface area contributed by atoms with Gasteiger partial charge in [0.25, 0.3) is 5.91 Å². The summed E-state index contributed by atoms with van der Waals surface area (Å²) in [5.41, 5.74) is 6.17. The van der Waals surface area contributed by atoms with E-state index in [9.17, 15) is 9.90 Å². The number of likely N-dealkylation sites (N-methyl/N-ethyl adjacent to an activating group) is 1. The van der Waals surface area contributed by atoms with Crippen molar-refractivity contribution in [2.24, 2.45) is 0 Å². The van der Waals surface area contributed by atoms with E-state index < -0.39 is 6.10 Å². The van der Waals surface area contributed by atoms with E-state index in [1.54, 1.807) is 11.3 Å². The number of nitrogens with zero attached hydrogens (tertiary/aromatic N) is 1. The molecule has 27 heavy (non-hydrogen) atoms. The van der Waals surface area contributed by atoms with Gasteiger partial charge >= 0.3 is 0 Å². The first kappa shape index (κ1) is 17.8. The van der Waals surface area contributed by atoms with E-state index in [1.807, 2.05) is 47.8 Å². The fourth-order valence-electron chi connectivity index (χ4n) is 3.45. The lowest BCUT2D eigenvalue weighted by atomic mass is 10.0. The average molecular weight is 378 g/mol.